The summed E-state index contributed by atoms with van der Waals surface area (Å²) in [5, 5.41) is 5.32. The summed E-state index contributed by atoms with van der Waals surface area (Å²) in [6.07, 6.45) is 0. The minimum atomic E-state index is -0.639. The molecule has 0 aliphatic carbocycles. The molecule has 2 rings (SSSR count). The van der Waals surface area contributed by atoms with Crippen molar-refractivity contribution in [1.29, 1.82) is 0 Å². The second-order valence-corrected chi connectivity index (χ2v) is 6.01. The smallest absolute Gasteiger partial charge is 0.309 e. The summed E-state index contributed by atoms with van der Waals surface area (Å²) >= 11 is 6.08. The largest absolute Gasteiger partial charge is 0.351 e. The van der Waals surface area contributed by atoms with Crippen molar-refractivity contribution in [3.8, 4) is 0 Å². The van der Waals surface area contributed by atoms with Gasteiger partial charge < -0.3 is 20.4 Å². The molecule has 24 heavy (non-hydrogen) atoms. The first-order chi connectivity index (χ1) is 11.5. The SMILES string of the molecule is CNC(=O)C(=O)NCC[NH+]1CCN(C(=O)c2ccccc2Cl)CC1. The van der Waals surface area contributed by atoms with E-state index in [4.69, 9.17) is 11.6 Å². The Kier molecular flexibility index (Phi) is 6.57. The van der Waals surface area contributed by atoms with Gasteiger partial charge in [0.05, 0.1) is 49.9 Å². The van der Waals surface area contributed by atoms with Crippen LogP contribution >= 0.6 is 11.6 Å². The molecule has 1 aliphatic heterocycles. The average molecular weight is 354 g/mol. The molecule has 0 aromatic heterocycles. The van der Waals surface area contributed by atoms with Crippen LogP contribution in [0.1, 0.15) is 10.4 Å². The standard InChI is InChI=1S/C16H21ClN4O3/c1-18-14(22)15(23)19-6-7-20-8-10-21(11-9-20)16(24)12-4-2-3-5-13(12)17/h2-5H,6-11H2,1H3,(H,18,22)(H,19,23)/p+1. The first kappa shape index (κ1) is 18.2. The number of hydrogen-bond donors (Lipinski definition) is 3. The van der Waals surface area contributed by atoms with Crippen molar-refractivity contribution in [3.05, 3.63) is 34.9 Å². The van der Waals surface area contributed by atoms with E-state index in [9.17, 15) is 14.4 Å². The van der Waals surface area contributed by atoms with Crippen LogP contribution in [0.5, 0.6) is 0 Å². The van der Waals surface area contributed by atoms with Gasteiger partial charge in [-0.25, -0.2) is 0 Å². The number of rotatable bonds is 4. The molecular weight excluding hydrogens is 332 g/mol. The third-order valence-corrected chi connectivity index (χ3v) is 4.39. The number of carbonyl (C=O) groups excluding carboxylic acids is 3. The molecule has 0 bridgehead atoms. The molecule has 1 heterocycles. The van der Waals surface area contributed by atoms with Crippen molar-refractivity contribution in [2.24, 2.45) is 0 Å². The topological polar surface area (TPSA) is 82.9 Å². The summed E-state index contributed by atoms with van der Waals surface area (Å²) in [5.74, 6) is -1.31. The van der Waals surface area contributed by atoms with Crippen molar-refractivity contribution >= 4 is 29.3 Å². The second kappa shape index (κ2) is 8.65. The highest BCUT2D eigenvalue weighted by Gasteiger charge is 2.25. The van der Waals surface area contributed by atoms with E-state index in [1.54, 1.807) is 29.2 Å². The second-order valence-electron chi connectivity index (χ2n) is 5.61. The van der Waals surface area contributed by atoms with Crippen LogP contribution in [-0.2, 0) is 9.59 Å². The first-order valence-corrected chi connectivity index (χ1v) is 8.28. The Morgan fingerprint density at radius 2 is 1.83 bits per heavy atom. The van der Waals surface area contributed by atoms with Crippen molar-refractivity contribution in [3.63, 3.8) is 0 Å². The van der Waals surface area contributed by atoms with Crippen molar-refractivity contribution in [1.82, 2.24) is 15.5 Å². The number of piperazine rings is 1. The molecule has 0 spiro atoms. The van der Waals surface area contributed by atoms with Gasteiger partial charge in [-0.05, 0) is 12.1 Å². The first-order valence-electron chi connectivity index (χ1n) is 7.90. The summed E-state index contributed by atoms with van der Waals surface area (Å²) in [5.41, 5.74) is 0.528. The summed E-state index contributed by atoms with van der Waals surface area (Å²) in [6, 6.07) is 7.05. The molecule has 0 atom stereocenters. The van der Waals surface area contributed by atoms with Gasteiger partial charge in [0.1, 0.15) is 0 Å². The van der Waals surface area contributed by atoms with Crippen molar-refractivity contribution < 1.29 is 19.3 Å². The monoisotopic (exact) mass is 353 g/mol. The number of carbonyl (C=O) groups is 3. The number of nitrogens with zero attached hydrogens (tertiary/aromatic N) is 1. The van der Waals surface area contributed by atoms with Crippen molar-refractivity contribution in [2.75, 3.05) is 46.3 Å². The highest BCUT2D eigenvalue weighted by Crippen LogP contribution is 2.17. The lowest BCUT2D eigenvalue weighted by Gasteiger charge is -2.32. The Balaban J connectivity index is 1.75. The minimum absolute atomic E-state index is 0.0485. The quantitative estimate of drug-likeness (QED) is 0.579. The summed E-state index contributed by atoms with van der Waals surface area (Å²) < 4.78 is 0. The number of halogens is 1. The number of benzene rings is 1. The molecule has 7 nitrogen and oxygen atoms in total. The molecule has 1 aliphatic rings. The fourth-order valence-corrected chi connectivity index (χ4v) is 2.84. The van der Waals surface area contributed by atoms with Gasteiger partial charge in [-0.3, -0.25) is 14.4 Å². The molecule has 0 unspecified atom stereocenters. The van der Waals surface area contributed by atoms with Gasteiger partial charge in [0.25, 0.3) is 5.91 Å². The summed E-state index contributed by atoms with van der Waals surface area (Å²) in [7, 11) is 1.42. The predicted octanol–water partition coefficient (Wildman–Crippen LogP) is -1.46. The van der Waals surface area contributed by atoms with E-state index in [0.29, 0.717) is 30.2 Å². The van der Waals surface area contributed by atoms with E-state index >= 15 is 0 Å². The van der Waals surface area contributed by atoms with Crippen LogP contribution in [0, 0.1) is 0 Å². The zero-order valence-corrected chi connectivity index (χ0v) is 14.4. The summed E-state index contributed by atoms with van der Waals surface area (Å²) in [4.78, 5) is 38.0. The van der Waals surface area contributed by atoms with Crippen molar-refractivity contribution in [2.45, 2.75) is 0 Å². The predicted molar refractivity (Wildman–Crippen MR) is 90.0 cm³/mol. The fraction of sp³-hybridized carbons (Fsp3) is 0.438. The molecule has 1 fully saturated rings. The maximum absolute atomic E-state index is 12.5. The van der Waals surface area contributed by atoms with Crippen LogP contribution < -0.4 is 15.5 Å². The Morgan fingerprint density at radius 3 is 2.46 bits per heavy atom. The normalized spacial score (nSPS) is 15.0. The molecule has 3 amide bonds. The number of hydrogen-bond acceptors (Lipinski definition) is 3. The van der Waals surface area contributed by atoms with Crippen LogP contribution in [0.15, 0.2) is 24.3 Å². The Bertz CT molecular complexity index is 615. The lowest BCUT2D eigenvalue weighted by Crippen LogP contribution is -3.15. The van der Waals surface area contributed by atoms with Gasteiger partial charge in [-0.1, -0.05) is 23.7 Å². The van der Waals surface area contributed by atoms with E-state index in [1.807, 2.05) is 0 Å². The highest BCUT2D eigenvalue weighted by molar-refractivity contribution is 6.35. The third kappa shape index (κ3) is 4.69. The Morgan fingerprint density at radius 1 is 1.17 bits per heavy atom. The van der Waals surface area contributed by atoms with Gasteiger partial charge in [-0.2, -0.15) is 0 Å². The maximum Gasteiger partial charge on any atom is 0.309 e. The summed E-state index contributed by atoms with van der Waals surface area (Å²) in [6.45, 7) is 4.03. The molecule has 3 N–H and O–H groups in total. The maximum atomic E-state index is 12.5. The van der Waals surface area contributed by atoms with Crippen LogP contribution in [0.2, 0.25) is 5.02 Å². The van der Waals surface area contributed by atoms with E-state index < -0.39 is 11.8 Å². The Hall–Kier alpha value is -2.12. The highest BCUT2D eigenvalue weighted by atomic mass is 35.5. The molecule has 0 radical (unpaired) electrons. The number of likely N-dealkylation sites (N-methyl/N-ethyl adjacent to an activating group) is 1. The zero-order valence-electron chi connectivity index (χ0n) is 13.6. The number of nitrogens with one attached hydrogen (secondary N) is 3. The zero-order chi connectivity index (χ0) is 17.5. The van der Waals surface area contributed by atoms with E-state index in [2.05, 4.69) is 10.6 Å². The van der Waals surface area contributed by atoms with Gasteiger partial charge in [-0.15, -0.1) is 0 Å². The van der Waals surface area contributed by atoms with Crippen LogP contribution in [-0.4, -0.2) is 68.9 Å². The van der Waals surface area contributed by atoms with E-state index in [1.165, 1.54) is 11.9 Å². The fourth-order valence-electron chi connectivity index (χ4n) is 2.63. The molecule has 8 heteroatoms. The third-order valence-electron chi connectivity index (χ3n) is 4.06. The van der Waals surface area contributed by atoms with E-state index in [-0.39, 0.29) is 5.91 Å². The van der Waals surface area contributed by atoms with Gasteiger partial charge in [0, 0.05) is 7.05 Å². The molecular formula is C16H22ClN4O3+. The molecule has 1 saturated heterocycles. The molecule has 1 aromatic rings. The average Bonchev–Trinajstić information content (AvgIpc) is 2.61. The van der Waals surface area contributed by atoms with Crippen LogP contribution in [0.4, 0.5) is 0 Å². The number of amides is 3. The van der Waals surface area contributed by atoms with Gasteiger partial charge in [0.2, 0.25) is 0 Å². The minimum Gasteiger partial charge on any atom is -0.351 e. The Labute approximate surface area is 145 Å². The number of quaternary nitrogens is 1. The lowest BCUT2D eigenvalue weighted by molar-refractivity contribution is -0.902. The molecule has 0 saturated carbocycles. The van der Waals surface area contributed by atoms with Gasteiger partial charge >= 0.3 is 11.8 Å². The van der Waals surface area contributed by atoms with Crippen LogP contribution in [0.25, 0.3) is 0 Å². The molecule has 1 aromatic carbocycles. The van der Waals surface area contributed by atoms with Gasteiger partial charge in [0.15, 0.2) is 0 Å². The van der Waals surface area contributed by atoms with Crippen LogP contribution in [0.3, 0.4) is 0 Å². The molecule has 130 valence electrons. The lowest BCUT2D eigenvalue weighted by atomic mass is 10.2. The van der Waals surface area contributed by atoms with E-state index in [0.717, 1.165) is 19.6 Å².